The molecule has 0 bridgehead atoms. The minimum absolute atomic E-state index is 0.0303. The highest BCUT2D eigenvalue weighted by Gasteiger charge is 2.21. The number of carbonyl (C=O) groups excluding carboxylic acids is 1. The van der Waals surface area contributed by atoms with Crippen molar-refractivity contribution in [1.29, 1.82) is 0 Å². The van der Waals surface area contributed by atoms with Crippen molar-refractivity contribution in [2.24, 2.45) is 0 Å². The van der Waals surface area contributed by atoms with Crippen LogP contribution in [0.5, 0.6) is 0 Å². The van der Waals surface area contributed by atoms with Gasteiger partial charge in [-0.15, -0.1) is 11.3 Å². The average Bonchev–Trinajstić information content (AvgIpc) is 3.17. The zero-order valence-corrected chi connectivity index (χ0v) is 12.9. The monoisotopic (exact) mass is 312 g/mol. The van der Waals surface area contributed by atoms with Crippen LogP contribution in [0.4, 0.5) is 4.79 Å². The molecule has 1 aliphatic heterocycles. The Morgan fingerprint density at radius 1 is 1.32 bits per heavy atom. The second-order valence-electron chi connectivity index (χ2n) is 5.45. The van der Waals surface area contributed by atoms with Gasteiger partial charge in [-0.2, -0.15) is 0 Å². The Morgan fingerprint density at radius 2 is 2.23 bits per heavy atom. The Labute approximate surface area is 132 Å². The van der Waals surface area contributed by atoms with Gasteiger partial charge in [0, 0.05) is 23.4 Å². The molecule has 0 unspecified atom stereocenters. The third-order valence-corrected chi connectivity index (χ3v) is 5.01. The minimum atomic E-state index is -0.0303. The summed E-state index contributed by atoms with van der Waals surface area (Å²) >= 11 is 1.78. The number of carbonyl (C=O) groups is 1. The van der Waals surface area contributed by atoms with Gasteiger partial charge in [0.05, 0.1) is 6.54 Å². The van der Waals surface area contributed by atoms with E-state index in [1.54, 1.807) is 11.3 Å². The molecule has 3 heterocycles. The van der Waals surface area contributed by atoms with Crippen molar-refractivity contribution in [2.75, 3.05) is 6.54 Å². The third kappa shape index (κ3) is 2.48. The van der Waals surface area contributed by atoms with Gasteiger partial charge >= 0.3 is 6.03 Å². The molecule has 4 rings (SSSR count). The molecule has 5 heteroatoms. The summed E-state index contributed by atoms with van der Waals surface area (Å²) in [5.74, 6) is 0.780. The molecule has 0 aliphatic carbocycles. The van der Waals surface area contributed by atoms with Crippen LogP contribution >= 0.6 is 11.3 Å². The highest BCUT2D eigenvalue weighted by atomic mass is 32.1. The number of urea groups is 1. The predicted octanol–water partition coefficient (Wildman–Crippen LogP) is 3.76. The van der Waals surface area contributed by atoms with Crippen LogP contribution in [-0.4, -0.2) is 17.5 Å². The molecule has 4 nitrogen and oxygen atoms in total. The molecule has 0 radical (unpaired) electrons. The Hall–Kier alpha value is -2.27. The van der Waals surface area contributed by atoms with Gasteiger partial charge in [-0.25, -0.2) is 4.79 Å². The number of thiophene rings is 1. The van der Waals surface area contributed by atoms with Crippen LogP contribution in [0.2, 0.25) is 0 Å². The maximum atomic E-state index is 12.3. The lowest BCUT2D eigenvalue weighted by Crippen LogP contribution is -2.42. The number of rotatable bonds is 2. The maximum Gasteiger partial charge on any atom is 0.318 e. The number of para-hydroxylation sites is 1. The summed E-state index contributed by atoms with van der Waals surface area (Å²) in [5.41, 5.74) is 2.13. The summed E-state index contributed by atoms with van der Waals surface area (Å²) in [4.78, 5) is 15.6. The number of nitrogens with one attached hydrogen (secondary N) is 1. The molecule has 2 aromatic heterocycles. The number of fused-ring (bicyclic) bond motifs is 2. The summed E-state index contributed by atoms with van der Waals surface area (Å²) in [6.45, 7) is 1.89. The van der Waals surface area contributed by atoms with E-state index in [-0.39, 0.29) is 6.03 Å². The Morgan fingerprint density at radius 3 is 3.14 bits per heavy atom. The summed E-state index contributed by atoms with van der Waals surface area (Å²) < 4.78 is 5.72. The van der Waals surface area contributed by atoms with Gasteiger partial charge in [0.25, 0.3) is 0 Å². The van der Waals surface area contributed by atoms with Crippen molar-refractivity contribution in [3.05, 3.63) is 58.0 Å². The lowest BCUT2D eigenvalue weighted by molar-refractivity contribution is 0.191. The number of nitrogens with zero attached hydrogens (tertiary/aromatic N) is 1. The second-order valence-corrected chi connectivity index (χ2v) is 6.45. The Kier molecular flexibility index (Phi) is 3.35. The molecule has 112 valence electrons. The fourth-order valence-corrected chi connectivity index (χ4v) is 3.71. The fourth-order valence-electron chi connectivity index (χ4n) is 2.82. The lowest BCUT2D eigenvalue weighted by Gasteiger charge is -2.26. The summed E-state index contributed by atoms with van der Waals surface area (Å²) in [7, 11) is 0. The molecule has 0 fully saturated rings. The zero-order chi connectivity index (χ0) is 14.9. The van der Waals surface area contributed by atoms with Crippen molar-refractivity contribution < 1.29 is 9.21 Å². The molecule has 0 atom stereocenters. The standard InChI is InChI=1S/C17H16N2O2S/c20-17(19-7-5-16-13(11-19)6-8-22-16)18-10-14-9-12-3-1-2-4-15(12)21-14/h1-4,6,8-9H,5,7,10-11H2,(H,18,20). The summed E-state index contributed by atoms with van der Waals surface area (Å²) in [6.07, 6.45) is 0.949. The van der Waals surface area contributed by atoms with Crippen LogP contribution in [0, 0.1) is 0 Å². The first kappa shape index (κ1) is 13.4. The van der Waals surface area contributed by atoms with E-state index in [1.165, 1.54) is 10.4 Å². The van der Waals surface area contributed by atoms with Gasteiger partial charge in [-0.05, 0) is 35.6 Å². The van der Waals surface area contributed by atoms with Gasteiger partial charge in [0.2, 0.25) is 0 Å². The van der Waals surface area contributed by atoms with Gasteiger partial charge < -0.3 is 14.6 Å². The van der Waals surface area contributed by atoms with E-state index < -0.39 is 0 Å². The predicted molar refractivity (Wildman–Crippen MR) is 86.9 cm³/mol. The van der Waals surface area contributed by atoms with E-state index in [1.807, 2.05) is 35.2 Å². The first-order valence-electron chi connectivity index (χ1n) is 7.35. The van der Waals surface area contributed by atoms with Crippen molar-refractivity contribution in [2.45, 2.75) is 19.5 Å². The molecule has 0 saturated heterocycles. The molecular formula is C17H16N2O2S. The third-order valence-electron chi connectivity index (χ3n) is 3.99. The van der Waals surface area contributed by atoms with Crippen LogP contribution in [0.15, 0.2) is 46.2 Å². The van der Waals surface area contributed by atoms with E-state index in [2.05, 4.69) is 16.8 Å². The minimum Gasteiger partial charge on any atom is -0.459 e. The number of hydrogen-bond acceptors (Lipinski definition) is 3. The maximum absolute atomic E-state index is 12.3. The fraction of sp³-hybridized carbons (Fsp3) is 0.235. The topological polar surface area (TPSA) is 45.5 Å². The number of furan rings is 1. The SMILES string of the molecule is O=C(NCc1cc2ccccc2o1)N1CCc2sccc2C1. The molecular weight excluding hydrogens is 296 g/mol. The molecule has 22 heavy (non-hydrogen) atoms. The molecule has 3 aromatic rings. The van der Waals surface area contributed by atoms with Crippen LogP contribution in [0.25, 0.3) is 11.0 Å². The van der Waals surface area contributed by atoms with Crippen LogP contribution in [-0.2, 0) is 19.5 Å². The number of hydrogen-bond donors (Lipinski definition) is 1. The normalized spacial score (nSPS) is 14.1. The first-order chi connectivity index (χ1) is 10.8. The molecule has 1 N–H and O–H groups in total. The van der Waals surface area contributed by atoms with Gasteiger partial charge in [-0.3, -0.25) is 0 Å². The molecule has 1 aliphatic rings. The van der Waals surface area contributed by atoms with Crippen molar-refractivity contribution in [1.82, 2.24) is 10.2 Å². The lowest BCUT2D eigenvalue weighted by atomic mass is 10.1. The summed E-state index contributed by atoms with van der Waals surface area (Å²) in [6, 6.07) is 11.9. The van der Waals surface area contributed by atoms with Gasteiger partial charge in [0.15, 0.2) is 0 Å². The van der Waals surface area contributed by atoms with Crippen LogP contribution in [0.1, 0.15) is 16.2 Å². The first-order valence-corrected chi connectivity index (χ1v) is 8.23. The van der Waals surface area contributed by atoms with Crippen molar-refractivity contribution in [3.63, 3.8) is 0 Å². The molecule has 0 spiro atoms. The Balaban J connectivity index is 1.40. The van der Waals surface area contributed by atoms with Gasteiger partial charge in [0.1, 0.15) is 11.3 Å². The highest BCUT2D eigenvalue weighted by molar-refractivity contribution is 7.10. The zero-order valence-electron chi connectivity index (χ0n) is 12.0. The smallest absolute Gasteiger partial charge is 0.318 e. The van der Waals surface area contributed by atoms with E-state index in [0.29, 0.717) is 13.1 Å². The van der Waals surface area contributed by atoms with Crippen LogP contribution < -0.4 is 5.32 Å². The van der Waals surface area contributed by atoms with E-state index in [4.69, 9.17) is 4.42 Å². The van der Waals surface area contributed by atoms with E-state index in [0.717, 1.165) is 29.7 Å². The Bertz CT molecular complexity index is 788. The number of benzene rings is 1. The number of amides is 2. The quantitative estimate of drug-likeness (QED) is 0.783. The van der Waals surface area contributed by atoms with Gasteiger partial charge in [-0.1, -0.05) is 18.2 Å². The van der Waals surface area contributed by atoms with E-state index >= 15 is 0 Å². The van der Waals surface area contributed by atoms with Crippen molar-refractivity contribution >= 4 is 28.3 Å². The summed E-state index contributed by atoms with van der Waals surface area (Å²) in [5, 5.41) is 6.11. The van der Waals surface area contributed by atoms with Crippen molar-refractivity contribution in [3.8, 4) is 0 Å². The molecule has 1 aromatic carbocycles. The molecule has 2 amide bonds. The second kappa shape index (κ2) is 5.50. The molecule has 0 saturated carbocycles. The van der Waals surface area contributed by atoms with E-state index in [9.17, 15) is 4.79 Å². The highest BCUT2D eigenvalue weighted by Crippen LogP contribution is 2.24. The largest absolute Gasteiger partial charge is 0.459 e. The van der Waals surface area contributed by atoms with Crippen LogP contribution in [0.3, 0.4) is 0 Å². The average molecular weight is 312 g/mol.